The van der Waals surface area contributed by atoms with Crippen LogP contribution in [0.2, 0.25) is 5.02 Å². The molecule has 0 unspecified atom stereocenters. The molecule has 1 heterocycles. The predicted molar refractivity (Wildman–Crippen MR) is 140 cm³/mol. The second-order valence-electron chi connectivity index (χ2n) is 8.77. The van der Waals surface area contributed by atoms with Crippen molar-refractivity contribution in [2.45, 2.75) is 44.2 Å². The lowest BCUT2D eigenvalue weighted by atomic mass is 10.0. The van der Waals surface area contributed by atoms with Crippen LogP contribution in [-0.2, 0) is 14.8 Å². The van der Waals surface area contributed by atoms with Gasteiger partial charge in [-0.1, -0.05) is 48.4 Å². The Morgan fingerprint density at radius 1 is 1.14 bits per heavy atom. The SMILES string of the molecule is CC[C@@H](NC(=O)[C@H]1CN(S(=O)(=O)c2ccc(C)cc2)c2cc(Cl)ccc2O1)c1ccc(OC)c(C)c1. The Hall–Kier alpha value is -3.23. The molecule has 0 bridgehead atoms. The van der Waals surface area contributed by atoms with Gasteiger partial charge in [-0.2, -0.15) is 0 Å². The van der Waals surface area contributed by atoms with E-state index in [1.165, 1.54) is 10.4 Å². The highest BCUT2D eigenvalue weighted by Gasteiger charge is 2.38. The van der Waals surface area contributed by atoms with Gasteiger partial charge in [0.1, 0.15) is 11.5 Å². The summed E-state index contributed by atoms with van der Waals surface area (Å²) in [5, 5.41) is 3.39. The van der Waals surface area contributed by atoms with Gasteiger partial charge in [-0.05, 0) is 67.8 Å². The number of nitrogens with one attached hydrogen (secondary N) is 1. The van der Waals surface area contributed by atoms with Crippen LogP contribution in [0.25, 0.3) is 0 Å². The number of sulfonamides is 1. The first-order valence-corrected chi connectivity index (χ1v) is 13.5. The van der Waals surface area contributed by atoms with Gasteiger partial charge in [0.15, 0.2) is 6.10 Å². The van der Waals surface area contributed by atoms with Gasteiger partial charge >= 0.3 is 0 Å². The number of carbonyl (C=O) groups is 1. The Labute approximate surface area is 217 Å². The largest absolute Gasteiger partial charge is 0.496 e. The lowest BCUT2D eigenvalue weighted by molar-refractivity contribution is -0.128. The van der Waals surface area contributed by atoms with E-state index in [4.69, 9.17) is 21.1 Å². The Bertz CT molecular complexity index is 1380. The number of amides is 1. The van der Waals surface area contributed by atoms with Crippen LogP contribution in [0.4, 0.5) is 5.69 Å². The second kappa shape index (κ2) is 10.4. The number of hydrogen-bond donors (Lipinski definition) is 1. The molecule has 190 valence electrons. The van der Waals surface area contributed by atoms with Crippen molar-refractivity contribution in [1.29, 1.82) is 0 Å². The normalized spacial score (nSPS) is 16.0. The van der Waals surface area contributed by atoms with Crippen molar-refractivity contribution in [2.75, 3.05) is 18.0 Å². The number of hydrogen-bond acceptors (Lipinski definition) is 5. The number of anilines is 1. The maximum Gasteiger partial charge on any atom is 0.264 e. The highest BCUT2D eigenvalue weighted by Crippen LogP contribution is 2.39. The van der Waals surface area contributed by atoms with Crippen LogP contribution in [0.1, 0.15) is 36.1 Å². The highest BCUT2D eigenvalue weighted by atomic mass is 35.5. The monoisotopic (exact) mass is 528 g/mol. The van der Waals surface area contributed by atoms with Gasteiger partial charge in [0.2, 0.25) is 0 Å². The summed E-state index contributed by atoms with van der Waals surface area (Å²) in [6, 6.07) is 16.8. The van der Waals surface area contributed by atoms with Crippen molar-refractivity contribution in [3.8, 4) is 11.5 Å². The van der Waals surface area contributed by atoms with E-state index in [0.717, 1.165) is 22.4 Å². The van der Waals surface area contributed by atoms with Crippen molar-refractivity contribution >= 4 is 33.2 Å². The van der Waals surface area contributed by atoms with E-state index in [0.29, 0.717) is 17.1 Å². The van der Waals surface area contributed by atoms with Crippen LogP contribution in [0.5, 0.6) is 11.5 Å². The Kier molecular flexibility index (Phi) is 7.47. The van der Waals surface area contributed by atoms with Gasteiger partial charge in [-0.25, -0.2) is 8.42 Å². The summed E-state index contributed by atoms with van der Waals surface area (Å²) in [4.78, 5) is 13.5. The maximum atomic E-state index is 13.6. The average Bonchev–Trinajstić information content (AvgIpc) is 2.86. The molecule has 0 fully saturated rings. The van der Waals surface area contributed by atoms with E-state index in [1.54, 1.807) is 43.5 Å². The van der Waals surface area contributed by atoms with Crippen molar-refractivity contribution in [3.05, 3.63) is 82.4 Å². The number of aryl methyl sites for hydroxylation is 2. The van der Waals surface area contributed by atoms with E-state index in [9.17, 15) is 13.2 Å². The summed E-state index contributed by atoms with van der Waals surface area (Å²) in [6.07, 6.45) is -0.408. The highest BCUT2D eigenvalue weighted by molar-refractivity contribution is 7.92. The molecule has 0 spiro atoms. The summed E-state index contributed by atoms with van der Waals surface area (Å²) in [7, 11) is -2.36. The minimum Gasteiger partial charge on any atom is -0.496 e. The molecule has 0 aromatic heterocycles. The fourth-order valence-electron chi connectivity index (χ4n) is 4.23. The number of halogens is 1. The van der Waals surface area contributed by atoms with Crippen molar-refractivity contribution in [2.24, 2.45) is 0 Å². The Balaban J connectivity index is 1.64. The summed E-state index contributed by atoms with van der Waals surface area (Å²) in [5.41, 5.74) is 3.12. The first-order chi connectivity index (χ1) is 17.1. The average molecular weight is 529 g/mol. The molecule has 0 aliphatic carbocycles. The molecule has 1 aliphatic rings. The summed E-state index contributed by atoms with van der Waals surface area (Å²) < 4.78 is 39.8. The Morgan fingerprint density at radius 3 is 2.50 bits per heavy atom. The standard InChI is InChI=1S/C27H29ClN2O5S/c1-5-22(19-8-12-24(34-4)18(3)14-19)29-27(31)26-16-30(23-15-20(28)9-13-25(23)35-26)36(32,33)21-10-6-17(2)7-11-21/h6-15,22,26H,5,16H2,1-4H3,(H,29,31)/t22-,26-/m1/s1. The number of ether oxygens (including phenoxy) is 2. The molecule has 1 amide bonds. The number of carbonyl (C=O) groups excluding carboxylic acids is 1. The lowest BCUT2D eigenvalue weighted by Crippen LogP contribution is -2.51. The van der Waals surface area contributed by atoms with Gasteiger partial charge < -0.3 is 14.8 Å². The third-order valence-electron chi connectivity index (χ3n) is 6.24. The molecule has 2 atom stereocenters. The van der Waals surface area contributed by atoms with Gasteiger partial charge in [-0.3, -0.25) is 9.10 Å². The number of fused-ring (bicyclic) bond motifs is 1. The molecule has 3 aromatic rings. The van der Waals surface area contributed by atoms with E-state index < -0.39 is 22.0 Å². The van der Waals surface area contributed by atoms with E-state index in [2.05, 4.69) is 5.32 Å². The molecule has 0 saturated heterocycles. The number of nitrogens with zero attached hydrogens (tertiary/aromatic N) is 1. The van der Waals surface area contributed by atoms with Gasteiger partial charge in [0.05, 0.1) is 30.3 Å². The van der Waals surface area contributed by atoms with Crippen LogP contribution >= 0.6 is 11.6 Å². The zero-order valence-electron chi connectivity index (χ0n) is 20.6. The minimum absolute atomic E-state index is 0.125. The molecule has 9 heteroatoms. The molecular formula is C27H29ClN2O5S. The molecule has 1 aliphatic heterocycles. The van der Waals surface area contributed by atoms with E-state index in [1.807, 2.05) is 39.0 Å². The van der Waals surface area contributed by atoms with Crippen LogP contribution in [0.3, 0.4) is 0 Å². The molecule has 0 saturated carbocycles. The van der Waals surface area contributed by atoms with E-state index >= 15 is 0 Å². The van der Waals surface area contributed by atoms with E-state index in [-0.39, 0.29) is 23.2 Å². The second-order valence-corrected chi connectivity index (χ2v) is 11.1. The molecule has 3 aromatic carbocycles. The topological polar surface area (TPSA) is 84.9 Å². The van der Waals surface area contributed by atoms with Crippen molar-refractivity contribution in [1.82, 2.24) is 5.32 Å². The van der Waals surface area contributed by atoms with Gasteiger partial charge in [-0.15, -0.1) is 0 Å². The Morgan fingerprint density at radius 2 is 1.86 bits per heavy atom. The fraction of sp³-hybridized carbons (Fsp3) is 0.296. The first-order valence-electron chi connectivity index (χ1n) is 11.6. The number of methoxy groups -OCH3 is 1. The van der Waals surface area contributed by atoms with Crippen LogP contribution in [-0.4, -0.2) is 34.1 Å². The zero-order chi connectivity index (χ0) is 26.0. The molecule has 36 heavy (non-hydrogen) atoms. The third-order valence-corrected chi connectivity index (χ3v) is 8.27. The van der Waals surface area contributed by atoms with Crippen molar-refractivity contribution < 1.29 is 22.7 Å². The minimum atomic E-state index is -3.97. The van der Waals surface area contributed by atoms with Crippen LogP contribution in [0.15, 0.2) is 65.6 Å². The summed E-state index contributed by atoms with van der Waals surface area (Å²) in [5.74, 6) is 0.637. The van der Waals surface area contributed by atoms with Gasteiger partial charge in [0.25, 0.3) is 15.9 Å². The van der Waals surface area contributed by atoms with Gasteiger partial charge in [0, 0.05) is 5.02 Å². The lowest BCUT2D eigenvalue weighted by Gasteiger charge is -2.35. The third kappa shape index (κ3) is 5.15. The smallest absolute Gasteiger partial charge is 0.264 e. The summed E-state index contributed by atoms with van der Waals surface area (Å²) in [6.45, 7) is 5.61. The predicted octanol–water partition coefficient (Wildman–Crippen LogP) is 5.19. The maximum absolute atomic E-state index is 13.6. The summed E-state index contributed by atoms with van der Waals surface area (Å²) >= 11 is 6.18. The van der Waals surface area contributed by atoms with Crippen LogP contribution in [0, 0.1) is 13.8 Å². The fourth-order valence-corrected chi connectivity index (χ4v) is 5.86. The quantitative estimate of drug-likeness (QED) is 0.456. The molecular weight excluding hydrogens is 500 g/mol. The molecule has 4 rings (SSSR count). The van der Waals surface area contributed by atoms with Crippen molar-refractivity contribution in [3.63, 3.8) is 0 Å². The zero-order valence-corrected chi connectivity index (χ0v) is 22.2. The number of rotatable bonds is 7. The molecule has 7 nitrogen and oxygen atoms in total. The molecule has 0 radical (unpaired) electrons. The molecule has 1 N–H and O–H groups in total. The first kappa shape index (κ1) is 25.9. The number of benzene rings is 3. The van der Waals surface area contributed by atoms with Crippen LogP contribution < -0.4 is 19.1 Å².